The van der Waals surface area contributed by atoms with E-state index >= 15 is 0 Å². The maximum absolute atomic E-state index is 12.1. The predicted octanol–water partition coefficient (Wildman–Crippen LogP) is 3.94. The lowest BCUT2D eigenvalue weighted by Gasteiger charge is -2.27. The summed E-state index contributed by atoms with van der Waals surface area (Å²) in [6.45, 7) is 9.93. The number of ether oxygens (including phenoxy) is 2. The molecule has 0 bridgehead atoms. The normalized spacial score (nSPS) is 26.9. The van der Waals surface area contributed by atoms with Gasteiger partial charge >= 0.3 is 12.3 Å². The molecule has 1 aliphatic carbocycles. The standard InChI is InChI=1S/C15H23F3O3/c1-5-10-6-7-11(9-20-14(2,3)4)12(10)8-13(19)21-15(16,17)18/h7,10-12H,1,5-6,8-9H2,2-4H3. The van der Waals surface area contributed by atoms with Gasteiger partial charge < -0.3 is 9.47 Å². The van der Waals surface area contributed by atoms with Crippen molar-refractivity contribution in [3.63, 3.8) is 0 Å². The van der Waals surface area contributed by atoms with Gasteiger partial charge in [0, 0.05) is 6.42 Å². The number of hydrogen-bond acceptors (Lipinski definition) is 3. The molecule has 21 heavy (non-hydrogen) atoms. The summed E-state index contributed by atoms with van der Waals surface area (Å²) in [5.74, 6) is -1.39. The first-order valence-electron chi connectivity index (χ1n) is 7.07. The summed E-state index contributed by atoms with van der Waals surface area (Å²) in [4.78, 5) is 11.4. The minimum atomic E-state index is -4.92. The number of carbonyl (C=O) groups excluding carboxylic acids is 1. The Hall–Kier alpha value is -0.780. The van der Waals surface area contributed by atoms with Crippen molar-refractivity contribution in [1.82, 2.24) is 0 Å². The molecule has 0 aromatic heterocycles. The van der Waals surface area contributed by atoms with E-state index in [1.807, 2.05) is 27.2 Å². The summed E-state index contributed by atoms with van der Waals surface area (Å²) in [6.07, 6.45) is -1.84. The summed E-state index contributed by atoms with van der Waals surface area (Å²) in [6, 6.07) is 0. The lowest BCUT2D eigenvalue weighted by molar-refractivity contribution is -0.306. The van der Waals surface area contributed by atoms with Crippen molar-refractivity contribution < 1.29 is 27.4 Å². The second-order valence-corrected chi connectivity index (χ2v) is 6.40. The average Bonchev–Trinajstić information content (AvgIpc) is 2.65. The van der Waals surface area contributed by atoms with Crippen LogP contribution >= 0.6 is 0 Å². The molecule has 0 spiro atoms. The Balaban J connectivity index is 2.61. The van der Waals surface area contributed by atoms with Gasteiger partial charge in [-0.15, -0.1) is 13.2 Å². The minimum Gasteiger partial charge on any atom is -0.376 e. The van der Waals surface area contributed by atoms with E-state index in [0.29, 0.717) is 13.0 Å². The van der Waals surface area contributed by atoms with Crippen molar-refractivity contribution in [3.8, 4) is 0 Å². The van der Waals surface area contributed by atoms with Crippen LogP contribution in [-0.4, -0.2) is 24.5 Å². The van der Waals surface area contributed by atoms with Gasteiger partial charge in [0.05, 0.1) is 12.2 Å². The SMILES string of the molecule is [CH2]CC1C[CH]C(COC(C)(C)C)C1CC(=O)OC(F)(F)F. The molecule has 1 saturated carbocycles. The molecule has 1 fully saturated rings. The van der Waals surface area contributed by atoms with Crippen LogP contribution in [0.5, 0.6) is 0 Å². The summed E-state index contributed by atoms with van der Waals surface area (Å²) in [5, 5.41) is 0. The zero-order valence-corrected chi connectivity index (χ0v) is 12.7. The van der Waals surface area contributed by atoms with Crippen LogP contribution in [0, 0.1) is 31.1 Å². The first kappa shape index (κ1) is 18.3. The average molecular weight is 308 g/mol. The molecule has 0 N–H and O–H groups in total. The molecule has 0 saturated heterocycles. The van der Waals surface area contributed by atoms with Gasteiger partial charge in [0.1, 0.15) is 0 Å². The largest absolute Gasteiger partial charge is 0.575 e. The lowest BCUT2D eigenvalue weighted by atomic mass is 9.85. The van der Waals surface area contributed by atoms with Gasteiger partial charge in [0.2, 0.25) is 0 Å². The Bertz CT molecular complexity index is 347. The molecule has 0 amide bonds. The monoisotopic (exact) mass is 308 g/mol. The second kappa shape index (κ2) is 6.99. The summed E-state index contributed by atoms with van der Waals surface area (Å²) in [7, 11) is 0. The molecule has 2 radical (unpaired) electrons. The molecule has 3 unspecified atom stereocenters. The van der Waals surface area contributed by atoms with Crippen LogP contribution in [0.4, 0.5) is 13.2 Å². The molecule has 0 heterocycles. The van der Waals surface area contributed by atoms with Gasteiger partial charge in [0.25, 0.3) is 0 Å². The lowest BCUT2D eigenvalue weighted by Crippen LogP contribution is -2.29. The molecular weight excluding hydrogens is 285 g/mol. The Morgan fingerprint density at radius 3 is 2.43 bits per heavy atom. The molecule has 6 heteroatoms. The maximum atomic E-state index is 12.1. The molecular formula is C15H23F3O3. The van der Waals surface area contributed by atoms with Crippen LogP contribution < -0.4 is 0 Å². The van der Waals surface area contributed by atoms with Crippen LogP contribution in [-0.2, 0) is 14.3 Å². The molecule has 0 aromatic rings. The Morgan fingerprint density at radius 2 is 1.95 bits per heavy atom. The van der Waals surface area contributed by atoms with Gasteiger partial charge in [-0.1, -0.05) is 13.3 Å². The third-order valence-corrected chi connectivity index (χ3v) is 3.61. The van der Waals surface area contributed by atoms with E-state index in [9.17, 15) is 18.0 Å². The van der Waals surface area contributed by atoms with E-state index < -0.39 is 12.3 Å². The third-order valence-electron chi connectivity index (χ3n) is 3.61. The van der Waals surface area contributed by atoms with Crippen molar-refractivity contribution in [2.24, 2.45) is 17.8 Å². The second-order valence-electron chi connectivity index (χ2n) is 6.40. The van der Waals surface area contributed by atoms with Crippen molar-refractivity contribution in [2.75, 3.05) is 6.61 Å². The molecule has 1 aliphatic rings. The first-order valence-corrected chi connectivity index (χ1v) is 7.07. The van der Waals surface area contributed by atoms with Crippen LogP contribution in [0.3, 0.4) is 0 Å². The van der Waals surface area contributed by atoms with E-state index in [2.05, 4.69) is 11.7 Å². The fourth-order valence-corrected chi connectivity index (χ4v) is 2.60. The number of rotatable bonds is 5. The smallest absolute Gasteiger partial charge is 0.376 e. The quantitative estimate of drug-likeness (QED) is 0.722. The molecule has 0 aliphatic heterocycles. The number of esters is 1. The predicted molar refractivity (Wildman–Crippen MR) is 71.8 cm³/mol. The summed E-state index contributed by atoms with van der Waals surface area (Å²) >= 11 is 0. The van der Waals surface area contributed by atoms with Crippen molar-refractivity contribution in [1.29, 1.82) is 0 Å². The van der Waals surface area contributed by atoms with Crippen molar-refractivity contribution >= 4 is 5.97 Å². The highest BCUT2D eigenvalue weighted by molar-refractivity contribution is 5.70. The van der Waals surface area contributed by atoms with E-state index in [4.69, 9.17) is 4.74 Å². The zero-order chi connectivity index (χ0) is 16.3. The van der Waals surface area contributed by atoms with Crippen LogP contribution in [0.25, 0.3) is 0 Å². The number of alkyl halides is 3. The van der Waals surface area contributed by atoms with Crippen LogP contribution in [0.2, 0.25) is 0 Å². The van der Waals surface area contributed by atoms with E-state index in [-0.39, 0.29) is 29.8 Å². The number of hydrogen-bond donors (Lipinski definition) is 0. The van der Waals surface area contributed by atoms with E-state index in [1.165, 1.54) is 0 Å². The van der Waals surface area contributed by atoms with E-state index in [1.54, 1.807) is 0 Å². The highest BCUT2D eigenvalue weighted by Crippen LogP contribution is 2.41. The van der Waals surface area contributed by atoms with Crippen LogP contribution in [0.15, 0.2) is 0 Å². The highest BCUT2D eigenvalue weighted by Gasteiger charge is 2.40. The number of carbonyl (C=O) groups is 1. The van der Waals surface area contributed by atoms with Crippen molar-refractivity contribution in [3.05, 3.63) is 13.3 Å². The Labute approximate surface area is 124 Å². The summed E-state index contributed by atoms with van der Waals surface area (Å²) < 4.78 is 45.4. The molecule has 0 aromatic carbocycles. The molecule has 122 valence electrons. The van der Waals surface area contributed by atoms with Gasteiger partial charge in [-0.2, -0.15) is 0 Å². The van der Waals surface area contributed by atoms with Gasteiger partial charge in [0.15, 0.2) is 0 Å². The topological polar surface area (TPSA) is 35.5 Å². The number of halogens is 3. The minimum absolute atomic E-state index is 0.0447. The van der Waals surface area contributed by atoms with E-state index in [0.717, 1.165) is 6.42 Å². The maximum Gasteiger partial charge on any atom is 0.575 e. The summed E-state index contributed by atoms with van der Waals surface area (Å²) in [5.41, 5.74) is -0.326. The molecule has 3 atom stereocenters. The fraction of sp³-hybridized carbons (Fsp3) is 0.800. The fourth-order valence-electron chi connectivity index (χ4n) is 2.60. The molecule has 3 nitrogen and oxygen atoms in total. The van der Waals surface area contributed by atoms with Crippen LogP contribution in [0.1, 0.15) is 40.0 Å². The Morgan fingerprint density at radius 1 is 1.33 bits per heavy atom. The van der Waals surface area contributed by atoms with Gasteiger partial charge in [-0.3, -0.25) is 4.79 Å². The Kier molecular flexibility index (Phi) is 6.08. The highest BCUT2D eigenvalue weighted by atomic mass is 19.4. The van der Waals surface area contributed by atoms with Crippen molar-refractivity contribution in [2.45, 2.75) is 52.0 Å². The first-order chi connectivity index (χ1) is 9.52. The third kappa shape index (κ3) is 6.68. The zero-order valence-electron chi connectivity index (χ0n) is 12.7. The molecule has 1 rings (SSSR count). The van der Waals surface area contributed by atoms with Gasteiger partial charge in [-0.25, -0.2) is 0 Å². The van der Waals surface area contributed by atoms with Gasteiger partial charge in [-0.05, 0) is 51.4 Å².